The summed E-state index contributed by atoms with van der Waals surface area (Å²) in [6.07, 6.45) is 2.48. The first kappa shape index (κ1) is 14.1. The number of para-hydroxylation sites is 1. The molecule has 2 nitrogen and oxygen atoms in total. The van der Waals surface area contributed by atoms with E-state index in [1.807, 2.05) is 0 Å². The molecule has 3 heteroatoms. The molecule has 1 aromatic rings. The van der Waals surface area contributed by atoms with Crippen molar-refractivity contribution in [2.45, 2.75) is 32.7 Å². The van der Waals surface area contributed by atoms with E-state index in [4.69, 9.17) is 0 Å². The van der Waals surface area contributed by atoms with Crippen molar-refractivity contribution in [3.05, 3.63) is 27.8 Å². The molecule has 0 aromatic heterocycles. The molecular formula is C15H23IN2. The summed E-state index contributed by atoms with van der Waals surface area (Å²) in [5.74, 6) is 0.723. The molecule has 0 saturated carbocycles. The molecule has 0 spiro atoms. The minimum absolute atomic E-state index is 0.697. The molecular weight excluding hydrogens is 335 g/mol. The van der Waals surface area contributed by atoms with Crippen LogP contribution in [0.2, 0.25) is 0 Å². The molecule has 1 N–H and O–H groups in total. The van der Waals surface area contributed by atoms with E-state index in [0.717, 1.165) is 12.5 Å². The number of rotatable bonds is 4. The smallest absolute Gasteiger partial charge is 0.0501 e. The molecule has 1 fully saturated rings. The Morgan fingerprint density at radius 1 is 1.39 bits per heavy atom. The van der Waals surface area contributed by atoms with Crippen molar-refractivity contribution in [1.82, 2.24) is 5.32 Å². The summed E-state index contributed by atoms with van der Waals surface area (Å²) in [6, 6.07) is 9.40. The Morgan fingerprint density at radius 2 is 2.17 bits per heavy atom. The van der Waals surface area contributed by atoms with Crippen LogP contribution in [0.4, 0.5) is 5.69 Å². The van der Waals surface area contributed by atoms with Crippen molar-refractivity contribution >= 4 is 28.3 Å². The van der Waals surface area contributed by atoms with E-state index in [9.17, 15) is 0 Å². The summed E-state index contributed by atoms with van der Waals surface area (Å²) in [6.45, 7) is 8.10. The third kappa shape index (κ3) is 3.38. The fourth-order valence-corrected chi connectivity index (χ4v) is 3.43. The maximum absolute atomic E-state index is 3.68. The van der Waals surface area contributed by atoms with Crippen LogP contribution in [-0.2, 0) is 0 Å². The summed E-state index contributed by atoms with van der Waals surface area (Å²) in [5.41, 5.74) is 1.40. The lowest BCUT2D eigenvalue weighted by Gasteiger charge is -2.39. The molecule has 1 aromatic carbocycles. The van der Waals surface area contributed by atoms with E-state index in [1.165, 1.54) is 35.2 Å². The van der Waals surface area contributed by atoms with Crippen molar-refractivity contribution in [1.29, 1.82) is 0 Å². The van der Waals surface area contributed by atoms with Crippen LogP contribution in [0.15, 0.2) is 24.3 Å². The first-order chi connectivity index (χ1) is 8.72. The van der Waals surface area contributed by atoms with Crippen LogP contribution < -0.4 is 10.2 Å². The second-order valence-corrected chi connectivity index (χ2v) is 6.39. The van der Waals surface area contributed by atoms with Gasteiger partial charge in [-0.05, 0) is 60.0 Å². The molecule has 0 amide bonds. The van der Waals surface area contributed by atoms with Gasteiger partial charge in [0.1, 0.15) is 0 Å². The largest absolute Gasteiger partial charge is 0.370 e. The Balaban J connectivity index is 1.98. The van der Waals surface area contributed by atoms with E-state index in [0.29, 0.717) is 6.04 Å². The molecule has 1 aliphatic heterocycles. The van der Waals surface area contributed by atoms with Crippen molar-refractivity contribution in [2.24, 2.45) is 5.92 Å². The van der Waals surface area contributed by atoms with Crippen molar-refractivity contribution in [2.75, 3.05) is 24.5 Å². The van der Waals surface area contributed by atoms with Crippen LogP contribution in [0.1, 0.15) is 26.7 Å². The molecule has 0 radical (unpaired) electrons. The van der Waals surface area contributed by atoms with Gasteiger partial charge in [0.05, 0.1) is 5.69 Å². The van der Waals surface area contributed by atoms with Gasteiger partial charge < -0.3 is 10.2 Å². The number of piperidine rings is 1. The highest BCUT2D eigenvalue weighted by Crippen LogP contribution is 2.27. The summed E-state index contributed by atoms with van der Waals surface area (Å²) in [4.78, 5) is 2.54. The maximum atomic E-state index is 3.68. The van der Waals surface area contributed by atoms with E-state index >= 15 is 0 Å². The molecule has 100 valence electrons. The molecule has 1 saturated heterocycles. The molecule has 0 bridgehead atoms. The van der Waals surface area contributed by atoms with Gasteiger partial charge in [-0.15, -0.1) is 0 Å². The summed E-state index contributed by atoms with van der Waals surface area (Å²) in [7, 11) is 0. The summed E-state index contributed by atoms with van der Waals surface area (Å²) < 4.78 is 1.36. The zero-order valence-electron chi connectivity index (χ0n) is 11.3. The lowest BCUT2D eigenvalue weighted by molar-refractivity contribution is 0.322. The zero-order valence-corrected chi connectivity index (χ0v) is 13.5. The quantitative estimate of drug-likeness (QED) is 0.829. The van der Waals surface area contributed by atoms with Gasteiger partial charge in [-0.1, -0.05) is 26.0 Å². The SMILES string of the molecule is CCCNC1CCN(c2ccccc2I)CC1C. The fourth-order valence-electron chi connectivity index (χ4n) is 2.71. The Bertz CT molecular complexity index is 381. The van der Waals surface area contributed by atoms with Gasteiger partial charge in [0, 0.05) is 22.7 Å². The van der Waals surface area contributed by atoms with Crippen molar-refractivity contribution in [3.63, 3.8) is 0 Å². The van der Waals surface area contributed by atoms with Gasteiger partial charge >= 0.3 is 0 Å². The minimum atomic E-state index is 0.697. The number of benzene rings is 1. The number of halogens is 1. The zero-order chi connectivity index (χ0) is 13.0. The van der Waals surface area contributed by atoms with Gasteiger partial charge in [-0.25, -0.2) is 0 Å². The van der Waals surface area contributed by atoms with Gasteiger partial charge in [-0.2, -0.15) is 0 Å². The van der Waals surface area contributed by atoms with Gasteiger partial charge in [-0.3, -0.25) is 0 Å². The van der Waals surface area contributed by atoms with E-state index in [2.05, 4.69) is 70.9 Å². The number of hydrogen-bond donors (Lipinski definition) is 1. The Kier molecular flexibility index (Phi) is 5.30. The van der Waals surface area contributed by atoms with E-state index in [1.54, 1.807) is 0 Å². The van der Waals surface area contributed by atoms with Crippen LogP contribution in [0.5, 0.6) is 0 Å². The highest BCUT2D eigenvalue weighted by Gasteiger charge is 2.26. The molecule has 2 unspecified atom stereocenters. The van der Waals surface area contributed by atoms with Gasteiger partial charge in [0.15, 0.2) is 0 Å². The van der Waals surface area contributed by atoms with Crippen LogP contribution in [0.25, 0.3) is 0 Å². The number of anilines is 1. The predicted octanol–water partition coefficient (Wildman–Crippen LogP) is 3.51. The number of hydrogen-bond acceptors (Lipinski definition) is 2. The Morgan fingerprint density at radius 3 is 2.83 bits per heavy atom. The van der Waals surface area contributed by atoms with Crippen LogP contribution >= 0.6 is 22.6 Å². The number of nitrogens with one attached hydrogen (secondary N) is 1. The number of nitrogens with zero attached hydrogens (tertiary/aromatic N) is 1. The fraction of sp³-hybridized carbons (Fsp3) is 0.600. The van der Waals surface area contributed by atoms with Crippen molar-refractivity contribution in [3.8, 4) is 0 Å². The topological polar surface area (TPSA) is 15.3 Å². The van der Waals surface area contributed by atoms with Crippen LogP contribution in [0.3, 0.4) is 0 Å². The predicted molar refractivity (Wildman–Crippen MR) is 87.2 cm³/mol. The van der Waals surface area contributed by atoms with E-state index < -0.39 is 0 Å². The lowest BCUT2D eigenvalue weighted by atomic mass is 9.93. The highest BCUT2D eigenvalue weighted by molar-refractivity contribution is 14.1. The Hall–Kier alpha value is -0.290. The highest BCUT2D eigenvalue weighted by atomic mass is 127. The van der Waals surface area contributed by atoms with E-state index in [-0.39, 0.29) is 0 Å². The van der Waals surface area contributed by atoms with Gasteiger partial charge in [0.25, 0.3) is 0 Å². The second-order valence-electron chi connectivity index (χ2n) is 5.22. The Labute approximate surface area is 124 Å². The molecule has 1 aliphatic rings. The standard InChI is InChI=1S/C15H23IN2/c1-3-9-17-14-8-10-18(11-12(14)2)15-7-5-4-6-13(15)16/h4-7,12,14,17H,3,8-11H2,1-2H3. The second kappa shape index (κ2) is 6.75. The third-order valence-electron chi connectivity index (χ3n) is 3.75. The molecule has 2 atom stereocenters. The maximum Gasteiger partial charge on any atom is 0.0501 e. The molecule has 18 heavy (non-hydrogen) atoms. The van der Waals surface area contributed by atoms with Crippen molar-refractivity contribution < 1.29 is 0 Å². The first-order valence-electron chi connectivity index (χ1n) is 6.95. The summed E-state index contributed by atoms with van der Waals surface area (Å²) >= 11 is 2.44. The van der Waals surface area contributed by atoms with Crippen LogP contribution in [-0.4, -0.2) is 25.7 Å². The first-order valence-corrected chi connectivity index (χ1v) is 8.03. The molecule has 2 rings (SSSR count). The average molecular weight is 358 g/mol. The van der Waals surface area contributed by atoms with Gasteiger partial charge in [0.2, 0.25) is 0 Å². The van der Waals surface area contributed by atoms with Crippen LogP contribution in [0, 0.1) is 9.49 Å². The third-order valence-corrected chi connectivity index (χ3v) is 4.67. The molecule has 1 heterocycles. The average Bonchev–Trinajstić information content (AvgIpc) is 2.38. The monoisotopic (exact) mass is 358 g/mol. The molecule has 0 aliphatic carbocycles. The normalized spacial score (nSPS) is 24.3. The lowest BCUT2D eigenvalue weighted by Crippen LogP contribution is -2.48. The minimum Gasteiger partial charge on any atom is -0.370 e. The summed E-state index contributed by atoms with van der Waals surface area (Å²) in [5, 5.41) is 3.68.